The molecule has 1 nitrogen and oxygen atoms in total. The average molecular weight is 436 g/mol. The molecule has 1 fully saturated rings. The third kappa shape index (κ3) is 15.2. The molecule has 32 heavy (non-hydrogen) atoms. The highest BCUT2D eigenvalue weighted by Gasteiger charge is 2.08. The fraction of sp³-hybridized carbons (Fsp3) is 0.613. The molecule has 0 aliphatic heterocycles. The smallest absolute Gasteiger partial charge is 0.00670 e. The van der Waals surface area contributed by atoms with Gasteiger partial charge < -0.3 is 5.32 Å². The minimum Gasteiger partial charge on any atom is -0.314 e. The standard InChI is InChI=1S/C31H49N/c1-3-7-12-18-24-30(25-19-13-8-4-1)26-20-14-11-17-23-29-32-31-27-21-15-9-5-2-6-10-16-22-28-31/h1,3-4,7-8,12-13,18-19,24-25,31-32H,2,5-6,9-11,14-17,20-23,26-29H2/b3-1-,4-1?,7-3?,8-4-,12-7-,13-8?,18-12?,19-13-,24-18-,25-19?,30-24?,30-25+. The van der Waals surface area contributed by atoms with E-state index in [9.17, 15) is 0 Å². The van der Waals surface area contributed by atoms with Gasteiger partial charge in [-0.2, -0.15) is 0 Å². The Kier molecular flexibility index (Phi) is 16.7. The van der Waals surface area contributed by atoms with E-state index in [2.05, 4.69) is 72.2 Å². The Bertz CT molecular complexity index is 604. The van der Waals surface area contributed by atoms with Crippen LogP contribution in [0.2, 0.25) is 0 Å². The second-order valence-corrected chi connectivity index (χ2v) is 9.57. The lowest BCUT2D eigenvalue weighted by atomic mass is 9.98. The molecule has 2 aliphatic rings. The third-order valence-corrected chi connectivity index (χ3v) is 6.69. The molecule has 0 spiro atoms. The maximum atomic E-state index is 3.91. The largest absolute Gasteiger partial charge is 0.314 e. The van der Waals surface area contributed by atoms with Crippen LogP contribution in [0.4, 0.5) is 0 Å². The van der Waals surface area contributed by atoms with E-state index in [1.165, 1.54) is 121 Å². The van der Waals surface area contributed by atoms with Crippen LogP contribution in [-0.2, 0) is 0 Å². The maximum Gasteiger partial charge on any atom is 0.00670 e. The molecule has 0 saturated heterocycles. The summed E-state index contributed by atoms with van der Waals surface area (Å²) in [5.74, 6) is 0. The number of unbranched alkanes of at least 4 members (excludes halogenated alkanes) is 4. The summed E-state index contributed by atoms with van der Waals surface area (Å²) in [6, 6.07) is 0.779. The summed E-state index contributed by atoms with van der Waals surface area (Å²) < 4.78 is 0. The highest BCUT2D eigenvalue weighted by atomic mass is 14.9. The van der Waals surface area contributed by atoms with Crippen molar-refractivity contribution >= 4 is 0 Å². The molecular weight excluding hydrogens is 386 g/mol. The van der Waals surface area contributed by atoms with E-state index in [1.54, 1.807) is 0 Å². The van der Waals surface area contributed by atoms with Crippen LogP contribution in [0.15, 0.2) is 72.4 Å². The molecule has 0 aromatic carbocycles. The van der Waals surface area contributed by atoms with Crippen LogP contribution in [0.1, 0.15) is 109 Å². The fourth-order valence-corrected chi connectivity index (χ4v) is 4.69. The van der Waals surface area contributed by atoms with Gasteiger partial charge in [0, 0.05) is 6.04 Å². The van der Waals surface area contributed by atoms with Crippen LogP contribution in [-0.4, -0.2) is 12.6 Å². The van der Waals surface area contributed by atoms with Gasteiger partial charge in [0.15, 0.2) is 0 Å². The summed E-state index contributed by atoms with van der Waals surface area (Å²) in [4.78, 5) is 0. The Labute approximate surface area is 199 Å². The highest BCUT2D eigenvalue weighted by molar-refractivity contribution is 5.29. The van der Waals surface area contributed by atoms with Crippen LogP contribution in [0.5, 0.6) is 0 Å². The van der Waals surface area contributed by atoms with E-state index in [4.69, 9.17) is 0 Å². The van der Waals surface area contributed by atoms with Crippen molar-refractivity contribution < 1.29 is 0 Å². The van der Waals surface area contributed by atoms with Crippen molar-refractivity contribution in [2.75, 3.05) is 6.54 Å². The number of hydrogen-bond donors (Lipinski definition) is 1. The molecule has 0 atom stereocenters. The predicted molar refractivity (Wildman–Crippen MR) is 144 cm³/mol. The molecule has 0 radical (unpaired) electrons. The van der Waals surface area contributed by atoms with Crippen LogP contribution in [0.3, 0.4) is 0 Å². The summed E-state index contributed by atoms with van der Waals surface area (Å²) in [5, 5.41) is 3.91. The van der Waals surface area contributed by atoms with Gasteiger partial charge in [0.25, 0.3) is 0 Å². The van der Waals surface area contributed by atoms with Gasteiger partial charge in [0.2, 0.25) is 0 Å². The Balaban J connectivity index is 1.54. The molecule has 0 aromatic rings. The lowest BCUT2D eigenvalue weighted by Gasteiger charge is -2.19. The Morgan fingerprint density at radius 1 is 0.531 bits per heavy atom. The van der Waals surface area contributed by atoms with Gasteiger partial charge in [-0.05, 0) is 44.2 Å². The van der Waals surface area contributed by atoms with Crippen LogP contribution < -0.4 is 5.32 Å². The van der Waals surface area contributed by atoms with Crippen molar-refractivity contribution in [2.45, 2.75) is 115 Å². The van der Waals surface area contributed by atoms with Crippen molar-refractivity contribution in [3.8, 4) is 0 Å². The Hall–Kier alpha value is -1.60. The minimum absolute atomic E-state index is 0.779. The number of rotatable bonds is 9. The summed E-state index contributed by atoms with van der Waals surface area (Å²) >= 11 is 0. The second kappa shape index (κ2) is 20.0. The van der Waals surface area contributed by atoms with Crippen molar-refractivity contribution in [2.24, 2.45) is 0 Å². The van der Waals surface area contributed by atoms with Gasteiger partial charge in [-0.3, -0.25) is 0 Å². The average Bonchev–Trinajstić information content (AvgIpc) is 2.78. The number of allylic oxidation sites excluding steroid dienone is 12. The molecule has 0 heterocycles. The zero-order chi connectivity index (χ0) is 22.4. The molecule has 0 aromatic heterocycles. The topological polar surface area (TPSA) is 12.0 Å². The first-order valence-electron chi connectivity index (χ1n) is 13.7. The number of hydrogen-bond acceptors (Lipinski definition) is 1. The third-order valence-electron chi connectivity index (χ3n) is 6.69. The van der Waals surface area contributed by atoms with E-state index in [1.807, 2.05) is 0 Å². The van der Waals surface area contributed by atoms with Gasteiger partial charge >= 0.3 is 0 Å². The zero-order valence-electron chi connectivity index (χ0n) is 20.7. The lowest BCUT2D eigenvalue weighted by Crippen LogP contribution is -2.30. The van der Waals surface area contributed by atoms with Gasteiger partial charge in [0.1, 0.15) is 0 Å². The SMILES string of the molecule is C1=C\C=C/C=C\C(CCCCCCCNC2CCCCCCCCCCC2)=C/C=C\C=C/1. The predicted octanol–water partition coefficient (Wildman–Crippen LogP) is 9.31. The highest BCUT2D eigenvalue weighted by Crippen LogP contribution is 2.17. The van der Waals surface area contributed by atoms with E-state index < -0.39 is 0 Å². The normalized spacial score (nSPS) is 26.2. The molecule has 2 rings (SSSR count). The van der Waals surface area contributed by atoms with Crippen molar-refractivity contribution in [1.29, 1.82) is 0 Å². The molecular formula is C31H49N. The van der Waals surface area contributed by atoms with E-state index in [-0.39, 0.29) is 0 Å². The first kappa shape index (κ1) is 26.7. The van der Waals surface area contributed by atoms with Gasteiger partial charge in [0.05, 0.1) is 0 Å². The molecule has 0 unspecified atom stereocenters. The maximum absolute atomic E-state index is 3.91. The molecule has 1 saturated carbocycles. The molecule has 0 bridgehead atoms. The van der Waals surface area contributed by atoms with Crippen molar-refractivity contribution in [3.63, 3.8) is 0 Å². The molecule has 178 valence electrons. The quantitative estimate of drug-likeness (QED) is 0.356. The monoisotopic (exact) mass is 435 g/mol. The van der Waals surface area contributed by atoms with Gasteiger partial charge in [-0.15, -0.1) is 0 Å². The van der Waals surface area contributed by atoms with Gasteiger partial charge in [-0.1, -0.05) is 144 Å². The second-order valence-electron chi connectivity index (χ2n) is 9.57. The molecule has 1 N–H and O–H groups in total. The Morgan fingerprint density at radius 3 is 1.69 bits per heavy atom. The van der Waals surface area contributed by atoms with E-state index in [0.717, 1.165) is 6.04 Å². The number of nitrogens with one attached hydrogen (secondary N) is 1. The molecule has 0 amide bonds. The molecule has 1 heteroatoms. The van der Waals surface area contributed by atoms with Crippen LogP contribution >= 0.6 is 0 Å². The van der Waals surface area contributed by atoms with Gasteiger partial charge in [-0.25, -0.2) is 0 Å². The minimum atomic E-state index is 0.779. The molecule has 2 aliphatic carbocycles. The summed E-state index contributed by atoms with van der Waals surface area (Å²) in [5.41, 5.74) is 1.42. The lowest BCUT2D eigenvalue weighted by molar-refractivity contribution is 0.399. The first-order valence-corrected chi connectivity index (χ1v) is 13.7. The van der Waals surface area contributed by atoms with Crippen LogP contribution in [0, 0.1) is 0 Å². The summed E-state index contributed by atoms with van der Waals surface area (Å²) in [6.07, 6.45) is 47.2. The van der Waals surface area contributed by atoms with E-state index in [0.29, 0.717) is 0 Å². The fourth-order valence-electron chi connectivity index (χ4n) is 4.69. The summed E-state index contributed by atoms with van der Waals surface area (Å²) in [6.45, 7) is 1.22. The Morgan fingerprint density at radius 2 is 1.03 bits per heavy atom. The zero-order valence-corrected chi connectivity index (χ0v) is 20.7. The van der Waals surface area contributed by atoms with Crippen LogP contribution in [0.25, 0.3) is 0 Å². The van der Waals surface area contributed by atoms with E-state index >= 15 is 0 Å². The van der Waals surface area contributed by atoms with Crippen molar-refractivity contribution in [1.82, 2.24) is 5.32 Å². The van der Waals surface area contributed by atoms with Crippen molar-refractivity contribution in [3.05, 3.63) is 72.4 Å². The first-order chi connectivity index (χ1) is 15.9. The summed E-state index contributed by atoms with van der Waals surface area (Å²) in [7, 11) is 0.